The molecular formula is C22H20O10. The highest BCUT2D eigenvalue weighted by atomic mass is 16.6. The predicted octanol–water partition coefficient (Wildman–Crippen LogP) is -0.872. The molecule has 0 spiro atoms. The number of hydrogen-bond acceptors (Lipinski definition) is 10. The number of methoxy groups -OCH3 is 1. The van der Waals surface area contributed by atoms with Crippen LogP contribution in [0.5, 0.6) is 5.75 Å². The Morgan fingerprint density at radius 1 is 1.12 bits per heavy atom. The van der Waals surface area contributed by atoms with Crippen molar-refractivity contribution >= 4 is 11.8 Å². The van der Waals surface area contributed by atoms with Crippen molar-refractivity contribution in [2.24, 2.45) is 5.92 Å². The number of esters is 1. The van der Waals surface area contributed by atoms with Crippen molar-refractivity contribution in [2.45, 2.75) is 41.3 Å². The molecule has 1 aliphatic heterocycles. The van der Waals surface area contributed by atoms with Gasteiger partial charge in [-0.25, -0.2) is 9.59 Å². The summed E-state index contributed by atoms with van der Waals surface area (Å²) in [5.74, 6) is -6.31. The van der Waals surface area contributed by atoms with E-state index in [4.69, 9.17) is 13.9 Å². The van der Waals surface area contributed by atoms with Crippen molar-refractivity contribution in [3.05, 3.63) is 64.2 Å². The number of hydrogen-bond donors (Lipinski definition) is 4. The van der Waals surface area contributed by atoms with Gasteiger partial charge in [0.05, 0.1) is 25.0 Å². The summed E-state index contributed by atoms with van der Waals surface area (Å²) in [7, 11) is 1.28. The minimum Gasteiger partial charge on any atom is -0.496 e. The summed E-state index contributed by atoms with van der Waals surface area (Å²) in [5, 5.41) is 46.1. The van der Waals surface area contributed by atoms with Crippen molar-refractivity contribution in [2.75, 3.05) is 7.11 Å². The SMILES string of the molecule is COc1cc([C@H]2[C@]3(O)C(O)[C@H]4C[C@@]2(O)[C@](O)(C(=O)O4)[C@H]3C(=O)c2ccccc2)oc(=O)c1. The molecule has 1 aromatic carbocycles. The van der Waals surface area contributed by atoms with Crippen LogP contribution in [-0.2, 0) is 9.53 Å². The molecule has 32 heavy (non-hydrogen) atoms. The molecule has 1 aromatic heterocycles. The van der Waals surface area contributed by atoms with Crippen molar-refractivity contribution in [3.63, 3.8) is 0 Å². The number of rotatable bonds is 4. The zero-order chi connectivity index (χ0) is 23.1. The summed E-state index contributed by atoms with van der Waals surface area (Å²) < 4.78 is 15.4. The molecule has 5 rings (SSSR count). The van der Waals surface area contributed by atoms with E-state index in [2.05, 4.69) is 0 Å². The number of Topliss-reactive ketones (excluding diaryl/α,β-unsaturated/α-hetero) is 1. The van der Waals surface area contributed by atoms with E-state index in [0.717, 1.165) is 6.07 Å². The Labute approximate surface area is 180 Å². The number of carbonyl (C=O) groups is 2. The van der Waals surface area contributed by atoms with Crippen LogP contribution >= 0.6 is 0 Å². The van der Waals surface area contributed by atoms with Crippen LogP contribution in [0.1, 0.15) is 28.5 Å². The van der Waals surface area contributed by atoms with Crippen molar-refractivity contribution in [3.8, 4) is 5.75 Å². The summed E-state index contributed by atoms with van der Waals surface area (Å²) in [6.45, 7) is 0. The molecule has 7 atom stereocenters. The molecule has 0 radical (unpaired) electrons. The molecule has 2 saturated carbocycles. The third-order valence-corrected chi connectivity index (χ3v) is 6.99. The maximum atomic E-state index is 13.5. The van der Waals surface area contributed by atoms with Crippen LogP contribution in [-0.4, -0.2) is 68.3 Å². The minimum absolute atomic E-state index is 0.0218. The molecule has 3 bridgehead atoms. The van der Waals surface area contributed by atoms with E-state index >= 15 is 0 Å². The van der Waals surface area contributed by atoms with Gasteiger partial charge in [0.1, 0.15) is 34.9 Å². The second kappa shape index (κ2) is 6.48. The number of carbonyl (C=O) groups excluding carboxylic acids is 2. The molecule has 1 saturated heterocycles. The fraction of sp³-hybridized carbons (Fsp3) is 0.409. The van der Waals surface area contributed by atoms with Crippen LogP contribution in [0, 0.1) is 5.92 Å². The number of benzene rings is 1. The molecule has 0 amide bonds. The van der Waals surface area contributed by atoms with Crippen LogP contribution in [0.2, 0.25) is 0 Å². The van der Waals surface area contributed by atoms with Gasteiger partial charge >= 0.3 is 11.6 Å². The molecule has 3 fully saturated rings. The Balaban J connectivity index is 1.80. The first kappa shape index (κ1) is 20.8. The zero-order valence-corrected chi connectivity index (χ0v) is 16.8. The van der Waals surface area contributed by atoms with Crippen molar-refractivity contribution in [1.29, 1.82) is 0 Å². The second-order valence-corrected chi connectivity index (χ2v) is 8.49. The zero-order valence-electron chi connectivity index (χ0n) is 16.8. The van der Waals surface area contributed by atoms with E-state index in [0.29, 0.717) is 0 Å². The molecule has 2 aromatic rings. The monoisotopic (exact) mass is 444 g/mol. The van der Waals surface area contributed by atoms with Gasteiger partial charge in [0.15, 0.2) is 5.78 Å². The highest BCUT2D eigenvalue weighted by Gasteiger charge is 2.88. The molecule has 3 aliphatic rings. The molecule has 10 heteroatoms. The predicted molar refractivity (Wildman–Crippen MR) is 104 cm³/mol. The van der Waals surface area contributed by atoms with Crippen LogP contribution in [0.3, 0.4) is 0 Å². The first-order chi connectivity index (χ1) is 15.1. The second-order valence-electron chi connectivity index (χ2n) is 8.49. The number of fused-ring (bicyclic) bond motifs is 2. The lowest BCUT2D eigenvalue weighted by atomic mass is 9.65. The Morgan fingerprint density at radius 3 is 2.47 bits per heavy atom. The Hall–Kier alpha value is -3.05. The Kier molecular flexibility index (Phi) is 4.22. The lowest BCUT2D eigenvalue weighted by molar-refractivity contribution is -0.252. The lowest BCUT2D eigenvalue weighted by Crippen LogP contribution is -2.69. The van der Waals surface area contributed by atoms with Gasteiger partial charge < -0.3 is 34.3 Å². The molecule has 1 unspecified atom stereocenters. The van der Waals surface area contributed by atoms with Gasteiger partial charge in [-0.2, -0.15) is 0 Å². The van der Waals surface area contributed by atoms with Gasteiger partial charge in [-0.3, -0.25) is 4.79 Å². The van der Waals surface area contributed by atoms with Gasteiger partial charge in [-0.05, 0) is 0 Å². The number of aliphatic hydroxyl groups is 4. The first-order valence-electron chi connectivity index (χ1n) is 9.93. The average Bonchev–Trinajstić information content (AvgIpc) is 2.87. The highest BCUT2D eigenvalue weighted by Crippen LogP contribution is 2.67. The molecule has 2 heterocycles. The van der Waals surface area contributed by atoms with E-state index in [1.165, 1.54) is 25.3 Å². The van der Waals surface area contributed by atoms with E-state index < -0.39 is 64.6 Å². The largest absolute Gasteiger partial charge is 0.496 e. The maximum absolute atomic E-state index is 13.5. The third kappa shape index (κ3) is 2.29. The topological polar surface area (TPSA) is 164 Å². The summed E-state index contributed by atoms with van der Waals surface area (Å²) in [4.78, 5) is 38.5. The van der Waals surface area contributed by atoms with E-state index in [1.54, 1.807) is 18.2 Å². The summed E-state index contributed by atoms with van der Waals surface area (Å²) >= 11 is 0. The van der Waals surface area contributed by atoms with E-state index in [9.17, 15) is 34.8 Å². The quantitative estimate of drug-likeness (QED) is 0.344. The Morgan fingerprint density at radius 2 is 1.81 bits per heavy atom. The Bertz CT molecular complexity index is 1170. The van der Waals surface area contributed by atoms with Gasteiger partial charge in [0, 0.05) is 18.1 Å². The van der Waals surface area contributed by atoms with Gasteiger partial charge in [0.2, 0.25) is 5.60 Å². The number of ether oxygens (including phenoxy) is 2. The van der Waals surface area contributed by atoms with Gasteiger partial charge in [0.25, 0.3) is 0 Å². The van der Waals surface area contributed by atoms with E-state index in [-0.39, 0.29) is 17.1 Å². The average molecular weight is 444 g/mol. The summed E-state index contributed by atoms with van der Waals surface area (Å²) in [6.07, 6.45) is -3.76. The standard InChI is InChI=1S/C22H20O10/c1-30-11-7-12(31-14(23)8-11)16-20(27)9-13-18(25)21(16,28)17(22(20,29)19(26)32-13)15(24)10-5-3-2-4-6-10/h2-8,13,16-18,25,27-29H,9H2,1H3/t13-,16-,17+,18?,20+,21-,22-/m1/s1. The first-order valence-corrected chi connectivity index (χ1v) is 9.93. The molecule has 168 valence electrons. The number of aliphatic hydroxyl groups excluding tert-OH is 1. The number of ketones is 1. The molecule has 2 aliphatic carbocycles. The fourth-order valence-corrected chi connectivity index (χ4v) is 5.68. The third-order valence-electron chi connectivity index (χ3n) is 6.99. The van der Waals surface area contributed by atoms with Crippen molar-refractivity contribution < 1.29 is 43.9 Å². The van der Waals surface area contributed by atoms with Crippen LogP contribution in [0.25, 0.3) is 0 Å². The van der Waals surface area contributed by atoms with E-state index in [1.807, 2.05) is 0 Å². The van der Waals surface area contributed by atoms with Crippen molar-refractivity contribution in [1.82, 2.24) is 0 Å². The maximum Gasteiger partial charge on any atom is 0.342 e. The lowest BCUT2D eigenvalue weighted by Gasteiger charge is -2.50. The minimum atomic E-state index is -2.92. The smallest absolute Gasteiger partial charge is 0.342 e. The normalized spacial score (nSPS) is 39.6. The molecular weight excluding hydrogens is 424 g/mol. The van der Waals surface area contributed by atoms with Crippen LogP contribution < -0.4 is 10.4 Å². The van der Waals surface area contributed by atoms with Crippen LogP contribution in [0.4, 0.5) is 0 Å². The molecule has 10 nitrogen and oxygen atoms in total. The fourth-order valence-electron chi connectivity index (χ4n) is 5.68. The van der Waals surface area contributed by atoms with Crippen LogP contribution in [0.15, 0.2) is 51.7 Å². The van der Waals surface area contributed by atoms with Gasteiger partial charge in [-0.15, -0.1) is 0 Å². The van der Waals surface area contributed by atoms with Gasteiger partial charge in [-0.1, -0.05) is 30.3 Å². The molecule has 4 N–H and O–H groups in total. The highest BCUT2D eigenvalue weighted by molar-refractivity contribution is 6.05. The summed E-state index contributed by atoms with van der Waals surface area (Å²) in [5.41, 5.74) is -8.89. The summed E-state index contributed by atoms with van der Waals surface area (Å²) in [6, 6.07) is 9.75.